The molecule has 18 heavy (non-hydrogen) atoms. The van der Waals surface area contributed by atoms with E-state index in [1.54, 1.807) is 0 Å². The van der Waals surface area contributed by atoms with Crippen LogP contribution in [0, 0.1) is 15.9 Å². The van der Waals surface area contributed by atoms with Gasteiger partial charge in [-0.05, 0) is 30.3 Å². The van der Waals surface area contributed by atoms with E-state index in [2.05, 4.69) is 0 Å². The molecule has 2 rings (SSSR count). The maximum atomic E-state index is 12.7. The van der Waals surface area contributed by atoms with Crippen LogP contribution in [-0.2, 0) is 0 Å². The Hall–Kier alpha value is -2.14. The zero-order valence-corrected chi connectivity index (χ0v) is 9.73. The molecule has 0 fully saturated rings. The van der Waals surface area contributed by atoms with E-state index >= 15 is 0 Å². The van der Waals surface area contributed by atoms with Crippen LogP contribution in [0.3, 0.4) is 0 Å². The van der Waals surface area contributed by atoms with Crippen molar-refractivity contribution in [2.75, 3.05) is 0 Å². The van der Waals surface area contributed by atoms with E-state index in [-0.39, 0.29) is 22.3 Å². The van der Waals surface area contributed by atoms with Crippen LogP contribution in [0.25, 0.3) is 0 Å². The molecule has 0 N–H and O–H groups in total. The van der Waals surface area contributed by atoms with E-state index in [1.165, 1.54) is 42.5 Å². The lowest BCUT2D eigenvalue weighted by Crippen LogP contribution is -1.90. The summed E-state index contributed by atoms with van der Waals surface area (Å²) >= 11 is 5.85. The summed E-state index contributed by atoms with van der Waals surface area (Å²) in [6.07, 6.45) is 0. The van der Waals surface area contributed by atoms with Crippen molar-refractivity contribution in [3.05, 3.63) is 63.4 Å². The first kappa shape index (κ1) is 12.3. The molecule has 0 amide bonds. The molecule has 0 aliphatic carbocycles. The fourth-order valence-electron chi connectivity index (χ4n) is 1.32. The second-order valence-electron chi connectivity index (χ2n) is 3.43. The van der Waals surface area contributed by atoms with Gasteiger partial charge in [-0.1, -0.05) is 11.6 Å². The van der Waals surface area contributed by atoms with Gasteiger partial charge in [-0.15, -0.1) is 0 Å². The fourth-order valence-corrected chi connectivity index (χ4v) is 1.53. The summed E-state index contributed by atoms with van der Waals surface area (Å²) in [6, 6.07) is 9.23. The number of nitro benzene ring substituents is 1. The van der Waals surface area contributed by atoms with E-state index in [0.717, 1.165) is 0 Å². The molecule has 0 spiro atoms. The zero-order valence-electron chi connectivity index (χ0n) is 8.97. The minimum atomic E-state index is -0.548. The summed E-state index contributed by atoms with van der Waals surface area (Å²) in [4.78, 5) is 9.98. The second-order valence-corrected chi connectivity index (χ2v) is 3.84. The summed E-state index contributed by atoms with van der Waals surface area (Å²) in [6.45, 7) is 0. The van der Waals surface area contributed by atoms with Gasteiger partial charge in [0, 0.05) is 12.1 Å². The van der Waals surface area contributed by atoms with Crippen molar-refractivity contribution in [3.8, 4) is 11.5 Å². The van der Waals surface area contributed by atoms with Crippen molar-refractivity contribution in [1.29, 1.82) is 0 Å². The minimum absolute atomic E-state index is 0.119. The highest BCUT2D eigenvalue weighted by Gasteiger charge is 2.10. The summed E-state index contributed by atoms with van der Waals surface area (Å²) in [5, 5.41) is 10.6. The molecule has 0 atom stereocenters. The van der Waals surface area contributed by atoms with Crippen molar-refractivity contribution in [2.45, 2.75) is 0 Å². The van der Waals surface area contributed by atoms with Crippen molar-refractivity contribution < 1.29 is 14.1 Å². The largest absolute Gasteiger partial charge is 0.456 e. The number of ether oxygens (including phenoxy) is 1. The average molecular weight is 268 g/mol. The van der Waals surface area contributed by atoms with Crippen LogP contribution in [0.4, 0.5) is 10.1 Å². The number of rotatable bonds is 3. The lowest BCUT2D eigenvalue weighted by atomic mass is 10.3. The summed E-state index contributed by atoms with van der Waals surface area (Å²) in [7, 11) is 0. The Morgan fingerprint density at radius 2 is 1.83 bits per heavy atom. The predicted octanol–water partition coefficient (Wildman–Crippen LogP) is 4.18. The number of nitrogens with zero attached hydrogens (tertiary/aromatic N) is 1. The van der Waals surface area contributed by atoms with Gasteiger partial charge < -0.3 is 4.74 Å². The molecule has 0 aromatic heterocycles. The standard InChI is InChI=1S/C12H7ClFNO3/c13-11-7-9(15(16)17)3-6-12(11)18-10-4-1-8(14)2-5-10/h1-7H. The SMILES string of the molecule is O=[N+]([O-])c1ccc(Oc2ccc(F)cc2)c(Cl)c1. The Kier molecular flexibility index (Phi) is 3.43. The smallest absolute Gasteiger partial charge is 0.271 e. The number of benzene rings is 2. The topological polar surface area (TPSA) is 52.4 Å². The maximum absolute atomic E-state index is 12.7. The third-order valence-electron chi connectivity index (χ3n) is 2.17. The van der Waals surface area contributed by atoms with Gasteiger partial charge in [0.15, 0.2) is 0 Å². The van der Waals surface area contributed by atoms with Gasteiger partial charge in [-0.3, -0.25) is 10.1 Å². The molecule has 2 aromatic carbocycles. The Morgan fingerprint density at radius 3 is 2.39 bits per heavy atom. The van der Waals surface area contributed by atoms with Gasteiger partial charge in [0.25, 0.3) is 5.69 Å². The summed E-state index contributed by atoms with van der Waals surface area (Å²) in [5.41, 5.74) is -0.119. The van der Waals surface area contributed by atoms with E-state index in [1.807, 2.05) is 0 Å². The highest BCUT2D eigenvalue weighted by atomic mass is 35.5. The first-order valence-corrected chi connectivity index (χ1v) is 5.31. The molecule has 0 radical (unpaired) electrons. The second kappa shape index (κ2) is 5.01. The Bertz CT molecular complexity index is 586. The maximum Gasteiger partial charge on any atom is 0.271 e. The predicted molar refractivity (Wildman–Crippen MR) is 64.6 cm³/mol. The molecular weight excluding hydrogens is 261 g/mol. The van der Waals surface area contributed by atoms with Gasteiger partial charge in [-0.25, -0.2) is 4.39 Å². The third-order valence-corrected chi connectivity index (χ3v) is 2.46. The van der Waals surface area contributed by atoms with Crippen LogP contribution >= 0.6 is 11.6 Å². The lowest BCUT2D eigenvalue weighted by Gasteiger charge is -2.06. The molecule has 0 heterocycles. The van der Waals surface area contributed by atoms with Crippen LogP contribution in [-0.4, -0.2) is 4.92 Å². The quantitative estimate of drug-likeness (QED) is 0.619. The average Bonchev–Trinajstić information content (AvgIpc) is 2.34. The summed E-state index contributed by atoms with van der Waals surface area (Å²) in [5.74, 6) is 0.290. The van der Waals surface area contributed by atoms with Crippen LogP contribution in [0.1, 0.15) is 0 Å². The number of non-ortho nitro benzene ring substituents is 1. The molecule has 4 nitrogen and oxygen atoms in total. The first-order chi connectivity index (χ1) is 8.56. The van der Waals surface area contributed by atoms with Gasteiger partial charge in [-0.2, -0.15) is 0 Å². The van der Waals surface area contributed by atoms with Crippen molar-refractivity contribution in [2.24, 2.45) is 0 Å². The molecule has 0 aliphatic heterocycles. The van der Waals surface area contributed by atoms with Crippen molar-refractivity contribution in [1.82, 2.24) is 0 Å². The number of hydrogen-bond donors (Lipinski definition) is 0. The van der Waals surface area contributed by atoms with Crippen LogP contribution in [0.5, 0.6) is 11.5 Å². The number of nitro groups is 1. The van der Waals surface area contributed by atoms with E-state index in [9.17, 15) is 14.5 Å². The van der Waals surface area contributed by atoms with Crippen LogP contribution in [0.15, 0.2) is 42.5 Å². The zero-order chi connectivity index (χ0) is 13.1. The van der Waals surface area contributed by atoms with Gasteiger partial charge in [0.05, 0.1) is 9.95 Å². The Balaban J connectivity index is 2.24. The Labute approximate surface area is 107 Å². The highest BCUT2D eigenvalue weighted by Crippen LogP contribution is 2.32. The molecule has 92 valence electrons. The number of halogens is 2. The van der Waals surface area contributed by atoms with Crippen LogP contribution < -0.4 is 4.74 Å². The molecular formula is C12H7ClFNO3. The van der Waals surface area contributed by atoms with E-state index < -0.39 is 4.92 Å². The van der Waals surface area contributed by atoms with Gasteiger partial charge in [0.2, 0.25) is 0 Å². The number of hydrogen-bond acceptors (Lipinski definition) is 3. The van der Waals surface area contributed by atoms with Crippen molar-refractivity contribution >= 4 is 17.3 Å². The molecule has 6 heteroatoms. The lowest BCUT2D eigenvalue weighted by molar-refractivity contribution is -0.384. The molecule has 0 aliphatic rings. The Morgan fingerprint density at radius 1 is 1.17 bits per heavy atom. The molecule has 0 saturated heterocycles. The monoisotopic (exact) mass is 267 g/mol. The van der Waals surface area contributed by atoms with Gasteiger partial charge >= 0.3 is 0 Å². The molecule has 0 unspecified atom stereocenters. The van der Waals surface area contributed by atoms with Crippen LogP contribution in [0.2, 0.25) is 5.02 Å². The van der Waals surface area contributed by atoms with E-state index in [0.29, 0.717) is 5.75 Å². The molecule has 0 saturated carbocycles. The normalized spacial score (nSPS) is 10.1. The first-order valence-electron chi connectivity index (χ1n) is 4.93. The van der Waals surface area contributed by atoms with E-state index in [4.69, 9.17) is 16.3 Å². The van der Waals surface area contributed by atoms with Crippen molar-refractivity contribution in [3.63, 3.8) is 0 Å². The minimum Gasteiger partial charge on any atom is -0.456 e. The summed E-state index contributed by atoms with van der Waals surface area (Å²) < 4.78 is 18.1. The highest BCUT2D eigenvalue weighted by molar-refractivity contribution is 6.32. The molecule has 2 aromatic rings. The van der Waals surface area contributed by atoms with Gasteiger partial charge in [0.1, 0.15) is 17.3 Å². The third kappa shape index (κ3) is 2.75. The molecule has 0 bridgehead atoms. The fraction of sp³-hybridized carbons (Fsp3) is 0.